The third-order valence-corrected chi connectivity index (χ3v) is 4.01. The summed E-state index contributed by atoms with van der Waals surface area (Å²) in [4.78, 5) is 25.7. The molecular weight excluding hydrogens is 326 g/mol. The number of carbonyl (C=O) groups excluding carboxylic acids is 2. The number of furan rings is 1. The molecular formula is C14H18BrNO4. The molecule has 1 aromatic rings. The number of halogens is 1. The summed E-state index contributed by atoms with van der Waals surface area (Å²) in [5, 5.41) is 0. The average Bonchev–Trinajstić information content (AvgIpc) is 2.82. The summed E-state index contributed by atoms with van der Waals surface area (Å²) in [6.07, 6.45) is 3.12. The molecule has 1 aliphatic rings. The predicted molar refractivity (Wildman–Crippen MR) is 76.3 cm³/mol. The summed E-state index contributed by atoms with van der Waals surface area (Å²) in [6.45, 7) is 3.81. The maximum absolute atomic E-state index is 12.2. The highest BCUT2D eigenvalue weighted by Gasteiger charge is 2.29. The van der Waals surface area contributed by atoms with E-state index in [-0.39, 0.29) is 30.4 Å². The lowest BCUT2D eigenvalue weighted by molar-refractivity contribution is -0.140. The van der Waals surface area contributed by atoms with Crippen molar-refractivity contribution in [2.24, 2.45) is 0 Å². The van der Waals surface area contributed by atoms with Gasteiger partial charge in [-0.2, -0.15) is 0 Å². The van der Waals surface area contributed by atoms with Crippen LogP contribution in [0.2, 0.25) is 0 Å². The highest BCUT2D eigenvalue weighted by atomic mass is 79.9. The Morgan fingerprint density at radius 3 is 2.55 bits per heavy atom. The van der Waals surface area contributed by atoms with Crippen LogP contribution in [0.5, 0.6) is 0 Å². The van der Waals surface area contributed by atoms with Gasteiger partial charge in [-0.05, 0) is 61.2 Å². The zero-order valence-electron chi connectivity index (χ0n) is 11.6. The second-order valence-electron chi connectivity index (χ2n) is 5.11. The Balaban J connectivity index is 1.90. The van der Waals surface area contributed by atoms with Crippen LogP contribution in [0.4, 0.5) is 0 Å². The Bertz CT molecular complexity index is 489. The van der Waals surface area contributed by atoms with Crippen molar-refractivity contribution in [2.45, 2.75) is 45.2 Å². The van der Waals surface area contributed by atoms with Crippen LogP contribution in [0.1, 0.15) is 43.7 Å². The predicted octanol–water partition coefficient (Wildman–Crippen LogP) is 2.99. The molecule has 2 heterocycles. The maximum Gasteiger partial charge on any atom is 0.374 e. The number of piperidine rings is 1. The van der Waals surface area contributed by atoms with Crippen molar-refractivity contribution in [1.82, 2.24) is 4.90 Å². The zero-order valence-corrected chi connectivity index (χ0v) is 13.2. The Morgan fingerprint density at radius 1 is 1.35 bits per heavy atom. The number of likely N-dealkylation sites (tertiary alicyclic amines) is 1. The lowest BCUT2D eigenvalue weighted by Gasteiger charge is -2.38. The van der Waals surface area contributed by atoms with E-state index in [1.54, 1.807) is 6.07 Å². The van der Waals surface area contributed by atoms with Gasteiger partial charge in [0.05, 0.1) is 0 Å². The smallest absolute Gasteiger partial charge is 0.374 e. The number of nitrogens with zero attached hydrogens (tertiary/aromatic N) is 1. The fourth-order valence-electron chi connectivity index (χ4n) is 2.61. The van der Waals surface area contributed by atoms with Gasteiger partial charge in [-0.3, -0.25) is 4.79 Å². The van der Waals surface area contributed by atoms with Gasteiger partial charge in [0.25, 0.3) is 5.91 Å². The van der Waals surface area contributed by atoms with E-state index in [0.29, 0.717) is 4.67 Å². The largest absolute Gasteiger partial charge is 0.450 e. The van der Waals surface area contributed by atoms with Crippen molar-refractivity contribution in [3.8, 4) is 0 Å². The molecule has 1 fully saturated rings. The molecule has 1 saturated heterocycles. The Kier molecular flexibility index (Phi) is 4.86. The number of carbonyl (C=O) groups is 2. The molecule has 0 aromatic carbocycles. The second kappa shape index (κ2) is 6.43. The normalized spacial score (nSPS) is 22.6. The lowest BCUT2D eigenvalue weighted by Crippen LogP contribution is -2.49. The molecule has 6 heteroatoms. The molecule has 20 heavy (non-hydrogen) atoms. The number of amides is 1. The van der Waals surface area contributed by atoms with Gasteiger partial charge in [0.2, 0.25) is 5.76 Å². The van der Waals surface area contributed by atoms with Crippen LogP contribution in [-0.2, 0) is 9.53 Å². The SMILES string of the molecule is C[C@@H]1CCC[C@@H](C)N1C(=O)COC(=O)c1ccc(Br)o1. The van der Waals surface area contributed by atoms with Gasteiger partial charge in [0.15, 0.2) is 11.3 Å². The van der Waals surface area contributed by atoms with Crippen LogP contribution in [0.3, 0.4) is 0 Å². The second-order valence-corrected chi connectivity index (χ2v) is 5.89. The maximum atomic E-state index is 12.2. The topological polar surface area (TPSA) is 59.8 Å². The first kappa shape index (κ1) is 15.1. The lowest BCUT2D eigenvalue weighted by atomic mass is 9.97. The quantitative estimate of drug-likeness (QED) is 0.791. The summed E-state index contributed by atoms with van der Waals surface area (Å²) >= 11 is 3.11. The van der Waals surface area contributed by atoms with Crippen LogP contribution < -0.4 is 0 Å². The zero-order chi connectivity index (χ0) is 14.7. The van der Waals surface area contributed by atoms with E-state index in [2.05, 4.69) is 15.9 Å². The van der Waals surface area contributed by atoms with Gasteiger partial charge in [-0.25, -0.2) is 4.79 Å². The van der Waals surface area contributed by atoms with Gasteiger partial charge in [0, 0.05) is 12.1 Å². The minimum atomic E-state index is -0.624. The van der Waals surface area contributed by atoms with Gasteiger partial charge >= 0.3 is 5.97 Å². The summed E-state index contributed by atoms with van der Waals surface area (Å²) < 4.78 is 10.5. The third kappa shape index (κ3) is 3.42. The summed E-state index contributed by atoms with van der Waals surface area (Å²) in [6, 6.07) is 3.50. The Labute approximate surface area is 126 Å². The van der Waals surface area contributed by atoms with Crippen molar-refractivity contribution in [2.75, 3.05) is 6.61 Å². The van der Waals surface area contributed by atoms with Crippen molar-refractivity contribution in [3.05, 3.63) is 22.6 Å². The first-order valence-corrected chi connectivity index (χ1v) is 7.52. The average molecular weight is 344 g/mol. The summed E-state index contributed by atoms with van der Waals surface area (Å²) in [5.41, 5.74) is 0. The van der Waals surface area contributed by atoms with Gasteiger partial charge in [-0.15, -0.1) is 0 Å². The van der Waals surface area contributed by atoms with E-state index in [9.17, 15) is 9.59 Å². The van der Waals surface area contributed by atoms with Crippen LogP contribution >= 0.6 is 15.9 Å². The number of rotatable bonds is 3. The molecule has 0 bridgehead atoms. The monoisotopic (exact) mass is 343 g/mol. The molecule has 2 rings (SSSR count). The molecule has 0 unspecified atom stereocenters. The van der Waals surface area contributed by atoms with E-state index in [0.717, 1.165) is 19.3 Å². The highest BCUT2D eigenvalue weighted by molar-refractivity contribution is 9.10. The number of hydrogen-bond acceptors (Lipinski definition) is 4. The Hall–Kier alpha value is -1.30. The van der Waals surface area contributed by atoms with Crippen molar-refractivity contribution < 1.29 is 18.7 Å². The van der Waals surface area contributed by atoms with E-state index in [1.807, 2.05) is 18.7 Å². The first-order valence-electron chi connectivity index (χ1n) is 6.72. The highest BCUT2D eigenvalue weighted by Crippen LogP contribution is 2.22. The number of hydrogen-bond donors (Lipinski definition) is 0. The fourth-order valence-corrected chi connectivity index (χ4v) is 2.92. The van der Waals surface area contributed by atoms with Crippen LogP contribution in [0.15, 0.2) is 21.2 Å². The van der Waals surface area contributed by atoms with Gasteiger partial charge in [0.1, 0.15) is 0 Å². The van der Waals surface area contributed by atoms with Gasteiger partial charge in [-0.1, -0.05) is 0 Å². The fraction of sp³-hybridized carbons (Fsp3) is 0.571. The van der Waals surface area contributed by atoms with Crippen molar-refractivity contribution in [1.29, 1.82) is 0 Å². The van der Waals surface area contributed by atoms with E-state index >= 15 is 0 Å². The summed E-state index contributed by atoms with van der Waals surface area (Å²) in [5.74, 6) is -0.686. The molecule has 0 saturated carbocycles. The minimum Gasteiger partial charge on any atom is -0.450 e. The standard InChI is InChI=1S/C14H18BrNO4/c1-9-4-3-5-10(2)16(9)13(17)8-19-14(18)11-6-7-12(15)20-11/h6-7,9-10H,3-5,8H2,1-2H3/t9-,10-/m1/s1. The van der Waals surface area contributed by atoms with Gasteiger partial charge < -0.3 is 14.1 Å². The molecule has 110 valence electrons. The summed E-state index contributed by atoms with van der Waals surface area (Å²) in [7, 11) is 0. The van der Waals surface area contributed by atoms with E-state index in [1.165, 1.54) is 6.07 Å². The van der Waals surface area contributed by atoms with Crippen molar-refractivity contribution in [3.63, 3.8) is 0 Å². The number of esters is 1. The Morgan fingerprint density at radius 2 is 2.00 bits per heavy atom. The molecule has 0 N–H and O–H groups in total. The number of ether oxygens (including phenoxy) is 1. The molecule has 0 spiro atoms. The molecule has 5 nitrogen and oxygen atoms in total. The van der Waals surface area contributed by atoms with Crippen LogP contribution in [0.25, 0.3) is 0 Å². The third-order valence-electron chi connectivity index (χ3n) is 3.58. The molecule has 0 aliphatic carbocycles. The van der Waals surface area contributed by atoms with Crippen LogP contribution in [-0.4, -0.2) is 35.5 Å². The molecule has 1 amide bonds. The van der Waals surface area contributed by atoms with Crippen molar-refractivity contribution >= 4 is 27.8 Å². The molecule has 0 radical (unpaired) electrons. The first-order chi connectivity index (χ1) is 9.49. The van der Waals surface area contributed by atoms with E-state index < -0.39 is 5.97 Å². The molecule has 1 aromatic heterocycles. The van der Waals surface area contributed by atoms with Crippen LogP contribution in [0, 0.1) is 0 Å². The molecule has 1 aliphatic heterocycles. The minimum absolute atomic E-state index is 0.0874. The van der Waals surface area contributed by atoms with E-state index in [4.69, 9.17) is 9.15 Å². The molecule has 2 atom stereocenters.